The fourth-order valence-corrected chi connectivity index (χ4v) is 3.87. The summed E-state index contributed by atoms with van der Waals surface area (Å²) in [6.07, 6.45) is 4.89. The molecule has 3 aromatic rings. The van der Waals surface area contributed by atoms with Crippen LogP contribution >= 0.6 is 0 Å². The van der Waals surface area contributed by atoms with E-state index in [9.17, 15) is 9.18 Å². The van der Waals surface area contributed by atoms with E-state index < -0.39 is 6.67 Å². The van der Waals surface area contributed by atoms with Gasteiger partial charge in [-0.15, -0.1) is 0 Å². The Morgan fingerprint density at radius 2 is 1.93 bits per heavy atom. The Morgan fingerprint density at radius 1 is 1.11 bits per heavy atom. The molecule has 144 valence electrons. The molecule has 28 heavy (non-hydrogen) atoms. The standard InChI is InChI=1S/C22H23FN4O/c1-15-18-5-2-6-20(19(18)7-11-24-15)26-22(28)16-8-12-27(13-9-16)21-17(14-23)4-3-10-25-21/h2-7,10-11,16H,8-9,12-14H2,1H3,(H,26,28). The zero-order valence-corrected chi connectivity index (χ0v) is 15.9. The second-order valence-electron chi connectivity index (χ2n) is 7.17. The largest absolute Gasteiger partial charge is 0.356 e. The molecule has 1 N–H and O–H groups in total. The van der Waals surface area contributed by atoms with E-state index in [0.29, 0.717) is 24.5 Å². The third kappa shape index (κ3) is 3.54. The lowest BCUT2D eigenvalue weighted by Crippen LogP contribution is -2.39. The molecule has 4 rings (SSSR count). The van der Waals surface area contributed by atoms with E-state index in [0.717, 1.165) is 35.0 Å². The number of carbonyl (C=O) groups excluding carboxylic acids is 1. The number of rotatable bonds is 4. The van der Waals surface area contributed by atoms with E-state index >= 15 is 0 Å². The van der Waals surface area contributed by atoms with Crippen LogP contribution in [0.15, 0.2) is 48.8 Å². The number of benzene rings is 1. The summed E-state index contributed by atoms with van der Waals surface area (Å²) in [5.74, 6) is 0.668. The smallest absolute Gasteiger partial charge is 0.227 e. The normalized spacial score (nSPS) is 15.0. The quantitative estimate of drug-likeness (QED) is 0.737. The van der Waals surface area contributed by atoms with Crippen molar-refractivity contribution in [2.45, 2.75) is 26.4 Å². The Balaban J connectivity index is 1.45. The molecule has 1 aliphatic heterocycles. The third-order valence-electron chi connectivity index (χ3n) is 5.44. The van der Waals surface area contributed by atoms with Crippen molar-refractivity contribution >= 4 is 28.2 Å². The van der Waals surface area contributed by atoms with Crippen LogP contribution in [-0.4, -0.2) is 29.0 Å². The summed E-state index contributed by atoms with van der Waals surface area (Å²) in [5, 5.41) is 5.15. The molecule has 1 aromatic carbocycles. The fraction of sp³-hybridized carbons (Fsp3) is 0.318. The van der Waals surface area contributed by atoms with Gasteiger partial charge < -0.3 is 10.2 Å². The van der Waals surface area contributed by atoms with Gasteiger partial charge in [-0.3, -0.25) is 9.78 Å². The Bertz CT molecular complexity index is 999. The van der Waals surface area contributed by atoms with Gasteiger partial charge in [-0.1, -0.05) is 18.2 Å². The number of aromatic nitrogens is 2. The Kier molecular flexibility index (Phi) is 5.19. The minimum absolute atomic E-state index is 0.0355. The van der Waals surface area contributed by atoms with Gasteiger partial charge in [0, 0.05) is 59.1 Å². The third-order valence-corrected chi connectivity index (χ3v) is 5.44. The van der Waals surface area contributed by atoms with E-state index in [-0.39, 0.29) is 11.8 Å². The number of fused-ring (bicyclic) bond motifs is 1. The fourth-order valence-electron chi connectivity index (χ4n) is 3.87. The molecule has 2 aromatic heterocycles. The van der Waals surface area contributed by atoms with Crippen LogP contribution in [0.4, 0.5) is 15.9 Å². The molecule has 0 unspecified atom stereocenters. The lowest BCUT2D eigenvalue weighted by Gasteiger charge is -2.33. The van der Waals surface area contributed by atoms with Crippen molar-refractivity contribution in [3.05, 3.63) is 60.0 Å². The number of alkyl halides is 1. The van der Waals surface area contributed by atoms with Crippen LogP contribution in [0.1, 0.15) is 24.1 Å². The monoisotopic (exact) mass is 378 g/mol. The zero-order chi connectivity index (χ0) is 19.5. The van der Waals surface area contributed by atoms with Gasteiger partial charge in [-0.05, 0) is 38.0 Å². The molecule has 6 heteroatoms. The zero-order valence-electron chi connectivity index (χ0n) is 15.9. The van der Waals surface area contributed by atoms with Crippen LogP contribution in [0.25, 0.3) is 10.8 Å². The Labute approximate surface area is 163 Å². The highest BCUT2D eigenvalue weighted by molar-refractivity contribution is 6.03. The van der Waals surface area contributed by atoms with E-state index in [4.69, 9.17) is 0 Å². The molecule has 1 aliphatic rings. The molecule has 0 aliphatic carbocycles. The summed E-state index contributed by atoms with van der Waals surface area (Å²) in [6.45, 7) is 2.83. The van der Waals surface area contributed by atoms with Gasteiger partial charge in [-0.2, -0.15) is 0 Å². The summed E-state index contributed by atoms with van der Waals surface area (Å²) in [6, 6.07) is 11.3. The Morgan fingerprint density at radius 3 is 2.71 bits per heavy atom. The number of carbonyl (C=O) groups is 1. The first-order valence-electron chi connectivity index (χ1n) is 9.57. The molecule has 3 heterocycles. The van der Waals surface area contributed by atoms with Crippen molar-refractivity contribution in [3.8, 4) is 0 Å². The SMILES string of the molecule is Cc1nccc2c(NC(=O)C3CCN(c4ncccc4CF)CC3)cccc12. The molecule has 0 bridgehead atoms. The molecular formula is C22H23FN4O. The van der Waals surface area contributed by atoms with E-state index in [1.807, 2.05) is 31.2 Å². The number of nitrogens with zero attached hydrogens (tertiary/aromatic N) is 3. The van der Waals surface area contributed by atoms with Crippen LogP contribution in [0.5, 0.6) is 0 Å². The number of hydrogen-bond acceptors (Lipinski definition) is 4. The van der Waals surface area contributed by atoms with E-state index in [2.05, 4.69) is 20.2 Å². The van der Waals surface area contributed by atoms with Gasteiger partial charge in [0.15, 0.2) is 0 Å². The molecular weight excluding hydrogens is 355 g/mol. The van der Waals surface area contributed by atoms with Crippen molar-refractivity contribution in [3.63, 3.8) is 0 Å². The van der Waals surface area contributed by atoms with Gasteiger partial charge >= 0.3 is 0 Å². The maximum absolute atomic E-state index is 13.2. The van der Waals surface area contributed by atoms with Gasteiger partial charge in [0.25, 0.3) is 0 Å². The Hall–Kier alpha value is -3.02. The van der Waals surface area contributed by atoms with Crippen LogP contribution in [0, 0.1) is 12.8 Å². The number of anilines is 2. The van der Waals surface area contributed by atoms with Gasteiger partial charge in [0.1, 0.15) is 12.5 Å². The predicted molar refractivity (Wildman–Crippen MR) is 109 cm³/mol. The first-order chi connectivity index (χ1) is 13.7. The number of halogens is 1. The predicted octanol–water partition coefficient (Wildman–Crippen LogP) is 4.26. The summed E-state index contributed by atoms with van der Waals surface area (Å²) in [7, 11) is 0. The summed E-state index contributed by atoms with van der Waals surface area (Å²) < 4.78 is 13.2. The second-order valence-corrected chi connectivity index (χ2v) is 7.17. The minimum atomic E-state index is -0.529. The van der Waals surface area contributed by atoms with Crippen LogP contribution in [0.2, 0.25) is 0 Å². The average molecular weight is 378 g/mol. The van der Waals surface area contributed by atoms with Crippen LogP contribution in [0.3, 0.4) is 0 Å². The molecule has 0 saturated carbocycles. The molecule has 0 spiro atoms. The van der Waals surface area contributed by atoms with E-state index in [1.54, 1.807) is 24.5 Å². The molecule has 1 fully saturated rings. The highest BCUT2D eigenvalue weighted by atomic mass is 19.1. The molecule has 1 amide bonds. The van der Waals surface area contributed by atoms with Gasteiger partial charge in [0.2, 0.25) is 5.91 Å². The summed E-state index contributed by atoms with van der Waals surface area (Å²) >= 11 is 0. The lowest BCUT2D eigenvalue weighted by atomic mass is 9.95. The number of piperidine rings is 1. The summed E-state index contributed by atoms with van der Waals surface area (Å²) in [4.78, 5) is 23.6. The van der Waals surface area contributed by atoms with Crippen molar-refractivity contribution in [1.29, 1.82) is 0 Å². The minimum Gasteiger partial charge on any atom is -0.356 e. The van der Waals surface area contributed by atoms with Crippen molar-refractivity contribution in [1.82, 2.24) is 9.97 Å². The van der Waals surface area contributed by atoms with Crippen molar-refractivity contribution in [2.24, 2.45) is 5.92 Å². The number of hydrogen-bond donors (Lipinski definition) is 1. The molecule has 0 radical (unpaired) electrons. The van der Waals surface area contributed by atoms with Gasteiger partial charge in [0.05, 0.1) is 0 Å². The van der Waals surface area contributed by atoms with Crippen molar-refractivity contribution in [2.75, 3.05) is 23.3 Å². The van der Waals surface area contributed by atoms with Crippen LogP contribution in [-0.2, 0) is 11.5 Å². The lowest BCUT2D eigenvalue weighted by molar-refractivity contribution is -0.120. The first kappa shape index (κ1) is 18.3. The number of amides is 1. The second kappa shape index (κ2) is 7.92. The first-order valence-corrected chi connectivity index (χ1v) is 9.57. The highest BCUT2D eigenvalue weighted by Crippen LogP contribution is 2.28. The van der Waals surface area contributed by atoms with Crippen LogP contribution < -0.4 is 10.2 Å². The number of pyridine rings is 2. The molecule has 0 atom stereocenters. The van der Waals surface area contributed by atoms with Crippen molar-refractivity contribution < 1.29 is 9.18 Å². The average Bonchev–Trinajstić information content (AvgIpc) is 2.74. The highest BCUT2D eigenvalue weighted by Gasteiger charge is 2.27. The number of aryl methyl sites for hydroxylation is 1. The van der Waals surface area contributed by atoms with Gasteiger partial charge in [-0.25, -0.2) is 9.37 Å². The maximum atomic E-state index is 13.2. The van der Waals surface area contributed by atoms with E-state index in [1.165, 1.54) is 0 Å². The maximum Gasteiger partial charge on any atom is 0.227 e. The molecule has 5 nitrogen and oxygen atoms in total. The topological polar surface area (TPSA) is 58.1 Å². The molecule has 1 saturated heterocycles. The number of nitrogens with one attached hydrogen (secondary N) is 1. The summed E-state index contributed by atoms with van der Waals surface area (Å²) in [5.41, 5.74) is 2.37.